The molecule has 2 aromatic carbocycles. The predicted octanol–water partition coefficient (Wildman–Crippen LogP) is 4.80. The standard InChI is InChI=1S/C18H18ClNO2S/c1-12(21)15-4-3-5-17(10-15)20-18(22)13(2)23-11-14-6-8-16(19)9-7-14/h3-10,13H,11H2,1-2H3,(H,20,22)/t13-/m1/s1. The first kappa shape index (κ1) is 17.6. The monoisotopic (exact) mass is 347 g/mol. The molecule has 0 radical (unpaired) electrons. The molecule has 0 aromatic heterocycles. The van der Waals surface area contributed by atoms with Gasteiger partial charge in [-0.15, -0.1) is 11.8 Å². The number of rotatable bonds is 6. The SMILES string of the molecule is CC(=O)c1cccc(NC(=O)[C@@H](C)SCc2ccc(Cl)cc2)c1. The van der Waals surface area contributed by atoms with Crippen molar-refractivity contribution in [2.45, 2.75) is 24.9 Å². The maximum Gasteiger partial charge on any atom is 0.237 e. The third kappa shape index (κ3) is 5.41. The Morgan fingerprint density at radius 1 is 1.17 bits per heavy atom. The summed E-state index contributed by atoms with van der Waals surface area (Å²) in [7, 11) is 0. The summed E-state index contributed by atoms with van der Waals surface area (Å²) in [6, 6.07) is 14.6. The molecule has 0 saturated carbocycles. The van der Waals surface area contributed by atoms with Gasteiger partial charge in [0.25, 0.3) is 0 Å². The maximum absolute atomic E-state index is 12.2. The quantitative estimate of drug-likeness (QED) is 0.763. The summed E-state index contributed by atoms with van der Waals surface area (Å²) in [5.41, 5.74) is 2.35. The van der Waals surface area contributed by atoms with Gasteiger partial charge in [-0.2, -0.15) is 0 Å². The summed E-state index contributed by atoms with van der Waals surface area (Å²) in [6.45, 7) is 3.37. The number of thioether (sulfide) groups is 1. The molecule has 0 aliphatic heterocycles. The van der Waals surface area contributed by atoms with Crippen LogP contribution in [0, 0.1) is 0 Å². The molecule has 1 amide bonds. The Morgan fingerprint density at radius 3 is 2.52 bits per heavy atom. The van der Waals surface area contributed by atoms with E-state index in [1.54, 1.807) is 36.0 Å². The van der Waals surface area contributed by atoms with Gasteiger partial charge in [0.1, 0.15) is 0 Å². The van der Waals surface area contributed by atoms with Crippen LogP contribution in [0.15, 0.2) is 48.5 Å². The van der Waals surface area contributed by atoms with Gasteiger partial charge in [-0.05, 0) is 43.7 Å². The van der Waals surface area contributed by atoms with Crippen LogP contribution in [0.5, 0.6) is 0 Å². The van der Waals surface area contributed by atoms with Gasteiger partial charge in [0, 0.05) is 22.0 Å². The summed E-state index contributed by atoms with van der Waals surface area (Å²) < 4.78 is 0. The Hall–Kier alpha value is -1.78. The van der Waals surface area contributed by atoms with Crippen LogP contribution in [-0.4, -0.2) is 16.9 Å². The molecule has 2 rings (SSSR count). The van der Waals surface area contributed by atoms with Crippen LogP contribution in [0.2, 0.25) is 5.02 Å². The van der Waals surface area contributed by atoms with Crippen molar-refractivity contribution in [3.8, 4) is 0 Å². The van der Waals surface area contributed by atoms with Crippen LogP contribution < -0.4 is 5.32 Å². The summed E-state index contributed by atoms with van der Waals surface area (Å²) in [6.07, 6.45) is 0. The van der Waals surface area contributed by atoms with Gasteiger partial charge < -0.3 is 5.32 Å². The lowest BCUT2D eigenvalue weighted by Gasteiger charge is -2.12. The molecule has 5 heteroatoms. The number of nitrogens with one attached hydrogen (secondary N) is 1. The van der Waals surface area contributed by atoms with E-state index in [1.807, 2.05) is 31.2 Å². The highest BCUT2D eigenvalue weighted by Crippen LogP contribution is 2.21. The Kier molecular flexibility index (Phi) is 6.25. The second kappa shape index (κ2) is 8.18. The highest BCUT2D eigenvalue weighted by atomic mass is 35.5. The number of hydrogen-bond donors (Lipinski definition) is 1. The van der Waals surface area contributed by atoms with Crippen molar-refractivity contribution < 1.29 is 9.59 Å². The first-order valence-electron chi connectivity index (χ1n) is 7.23. The van der Waals surface area contributed by atoms with Crippen LogP contribution in [0.1, 0.15) is 29.8 Å². The van der Waals surface area contributed by atoms with E-state index in [1.165, 1.54) is 6.92 Å². The van der Waals surface area contributed by atoms with Crippen molar-refractivity contribution in [3.63, 3.8) is 0 Å². The zero-order valence-electron chi connectivity index (χ0n) is 13.0. The van der Waals surface area contributed by atoms with Crippen molar-refractivity contribution in [3.05, 3.63) is 64.7 Å². The molecule has 0 aliphatic carbocycles. The molecule has 3 nitrogen and oxygen atoms in total. The molecule has 0 bridgehead atoms. The highest BCUT2D eigenvalue weighted by Gasteiger charge is 2.14. The Labute approximate surface area is 145 Å². The van der Waals surface area contributed by atoms with Gasteiger partial charge in [-0.1, -0.05) is 35.9 Å². The molecular formula is C18H18ClNO2S. The molecule has 0 unspecified atom stereocenters. The van der Waals surface area contributed by atoms with Gasteiger partial charge in [0.2, 0.25) is 5.91 Å². The normalized spacial score (nSPS) is 11.8. The Morgan fingerprint density at radius 2 is 1.87 bits per heavy atom. The van der Waals surface area contributed by atoms with E-state index in [0.717, 1.165) is 11.3 Å². The minimum absolute atomic E-state index is 0.0220. The van der Waals surface area contributed by atoms with Crippen LogP contribution in [0.3, 0.4) is 0 Å². The highest BCUT2D eigenvalue weighted by molar-refractivity contribution is 7.99. The van der Waals surface area contributed by atoms with Gasteiger partial charge in [0.05, 0.1) is 5.25 Å². The second-order valence-corrected chi connectivity index (χ2v) is 6.97. The fourth-order valence-corrected chi connectivity index (χ4v) is 2.91. The minimum atomic E-state index is -0.202. The third-order valence-electron chi connectivity index (χ3n) is 3.32. The summed E-state index contributed by atoms with van der Waals surface area (Å²) in [5.74, 6) is 0.634. The van der Waals surface area contributed by atoms with E-state index in [0.29, 0.717) is 16.3 Å². The predicted molar refractivity (Wildman–Crippen MR) is 97.3 cm³/mol. The zero-order chi connectivity index (χ0) is 16.8. The van der Waals surface area contributed by atoms with Gasteiger partial charge in [-0.3, -0.25) is 9.59 Å². The van der Waals surface area contributed by atoms with Crippen molar-refractivity contribution in [2.75, 3.05) is 5.32 Å². The first-order valence-corrected chi connectivity index (χ1v) is 8.66. The van der Waals surface area contributed by atoms with Crippen LogP contribution in [0.4, 0.5) is 5.69 Å². The number of anilines is 1. The van der Waals surface area contributed by atoms with Crippen LogP contribution in [0.25, 0.3) is 0 Å². The smallest absolute Gasteiger partial charge is 0.237 e. The maximum atomic E-state index is 12.2. The lowest BCUT2D eigenvalue weighted by Crippen LogP contribution is -2.22. The number of amides is 1. The molecule has 120 valence electrons. The minimum Gasteiger partial charge on any atom is -0.325 e. The molecule has 0 spiro atoms. The van der Waals surface area contributed by atoms with E-state index in [4.69, 9.17) is 11.6 Å². The van der Waals surface area contributed by atoms with Crippen molar-refractivity contribution in [1.29, 1.82) is 0 Å². The molecule has 0 saturated heterocycles. The zero-order valence-corrected chi connectivity index (χ0v) is 14.6. The van der Waals surface area contributed by atoms with Crippen LogP contribution in [-0.2, 0) is 10.5 Å². The molecule has 1 atom stereocenters. The topological polar surface area (TPSA) is 46.2 Å². The summed E-state index contributed by atoms with van der Waals surface area (Å²) >= 11 is 7.41. The number of carbonyl (C=O) groups is 2. The van der Waals surface area contributed by atoms with Crippen molar-refractivity contribution >= 4 is 40.7 Å². The lowest BCUT2D eigenvalue weighted by atomic mass is 10.1. The molecule has 0 heterocycles. The molecule has 1 N–H and O–H groups in total. The van der Waals surface area contributed by atoms with E-state index < -0.39 is 0 Å². The second-order valence-electron chi connectivity index (χ2n) is 5.21. The average molecular weight is 348 g/mol. The number of Topliss-reactive ketones (excluding diaryl/α,β-unsaturated/α-hetero) is 1. The first-order chi connectivity index (χ1) is 11.0. The Balaban J connectivity index is 1.90. The molecule has 0 aliphatic rings. The number of carbonyl (C=O) groups excluding carboxylic acids is 2. The summed E-state index contributed by atoms with van der Waals surface area (Å²) in [5, 5.41) is 3.35. The van der Waals surface area contributed by atoms with Crippen molar-refractivity contribution in [1.82, 2.24) is 0 Å². The molecular weight excluding hydrogens is 330 g/mol. The average Bonchev–Trinajstić information content (AvgIpc) is 2.54. The molecule has 2 aromatic rings. The van der Waals surface area contributed by atoms with Gasteiger partial charge in [-0.25, -0.2) is 0 Å². The largest absolute Gasteiger partial charge is 0.325 e. The van der Waals surface area contributed by atoms with Gasteiger partial charge >= 0.3 is 0 Å². The number of hydrogen-bond acceptors (Lipinski definition) is 3. The Bertz CT molecular complexity index is 700. The van der Waals surface area contributed by atoms with E-state index >= 15 is 0 Å². The van der Waals surface area contributed by atoms with Crippen LogP contribution >= 0.6 is 23.4 Å². The molecule has 23 heavy (non-hydrogen) atoms. The van der Waals surface area contributed by atoms with E-state index in [-0.39, 0.29) is 16.9 Å². The third-order valence-corrected chi connectivity index (χ3v) is 4.79. The van der Waals surface area contributed by atoms with E-state index in [2.05, 4.69) is 5.32 Å². The van der Waals surface area contributed by atoms with Gasteiger partial charge in [0.15, 0.2) is 5.78 Å². The number of ketones is 1. The molecule has 0 fully saturated rings. The number of benzene rings is 2. The number of halogens is 1. The van der Waals surface area contributed by atoms with Crippen molar-refractivity contribution in [2.24, 2.45) is 0 Å². The lowest BCUT2D eigenvalue weighted by molar-refractivity contribution is -0.115. The fourth-order valence-electron chi connectivity index (χ4n) is 1.94. The van der Waals surface area contributed by atoms with E-state index in [9.17, 15) is 9.59 Å². The fraction of sp³-hybridized carbons (Fsp3) is 0.222. The summed E-state index contributed by atoms with van der Waals surface area (Å²) in [4.78, 5) is 23.6.